The van der Waals surface area contributed by atoms with E-state index in [1.165, 1.54) is 15.3 Å². The first-order valence-electron chi connectivity index (χ1n) is 13.0. The van der Waals surface area contributed by atoms with Gasteiger partial charge in [-0.3, -0.25) is 4.57 Å². The molecule has 5 aromatic rings. The van der Waals surface area contributed by atoms with Crippen molar-refractivity contribution in [2.75, 3.05) is 36.5 Å². The average Bonchev–Trinajstić information content (AvgIpc) is 3.33. The van der Waals surface area contributed by atoms with E-state index in [4.69, 9.17) is 9.72 Å². The number of alkyl halides is 2. The number of imidazole rings is 1. The molecule has 3 heterocycles. The molecule has 8 nitrogen and oxygen atoms in total. The third-order valence-corrected chi connectivity index (χ3v) is 6.80. The smallest absolute Gasteiger partial charge is 0.296 e. The van der Waals surface area contributed by atoms with Gasteiger partial charge in [0.15, 0.2) is 5.82 Å². The molecular formula is C29H29F2N7O. The van der Waals surface area contributed by atoms with Gasteiger partial charge in [-0.15, -0.1) is 0 Å². The second kappa shape index (κ2) is 10.2. The largest absolute Gasteiger partial charge is 0.378 e. The van der Waals surface area contributed by atoms with Crippen LogP contribution in [-0.4, -0.2) is 56.3 Å². The fourth-order valence-corrected chi connectivity index (χ4v) is 5.02. The van der Waals surface area contributed by atoms with Gasteiger partial charge >= 0.3 is 0 Å². The standard InChI is InChI=1S/C29H29F2N7O/c1-29(2,18-19-11-12-20-7-3-4-8-21(20)17-19)36-26-33-27(37-13-15-39-16-14-37)35-28(34-26)38-23-10-6-5-9-22(23)32-25(38)24(30)31/h3-12,17,24H,13-16,18H2,1-2H3,(H,33,34,35,36). The van der Waals surface area contributed by atoms with E-state index in [0.29, 0.717) is 55.7 Å². The van der Waals surface area contributed by atoms with E-state index >= 15 is 0 Å². The number of benzene rings is 3. The van der Waals surface area contributed by atoms with E-state index in [-0.39, 0.29) is 5.95 Å². The van der Waals surface area contributed by atoms with Gasteiger partial charge in [0.05, 0.1) is 24.2 Å². The van der Waals surface area contributed by atoms with E-state index < -0.39 is 17.8 Å². The van der Waals surface area contributed by atoms with Crippen molar-refractivity contribution in [3.8, 4) is 5.95 Å². The van der Waals surface area contributed by atoms with Gasteiger partial charge in [0.1, 0.15) is 0 Å². The normalized spacial score (nSPS) is 14.4. The van der Waals surface area contributed by atoms with E-state index in [1.54, 1.807) is 24.3 Å². The van der Waals surface area contributed by atoms with Crippen molar-refractivity contribution in [1.29, 1.82) is 0 Å². The summed E-state index contributed by atoms with van der Waals surface area (Å²) in [5.41, 5.74) is 1.67. The molecule has 1 aliphatic heterocycles. The molecular weight excluding hydrogens is 500 g/mol. The molecule has 0 unspecified atom stereocenters. The number of aromatic nitrogens is 5. The van der Waals surface area contributed by atoms with Crippen LogP contribution in [0.3, 0.4) is 0 Å². The van der Waals surface area contributed by atoms with Crippen molar-refractivity contribution in [3.05, 3.63) is 78.1 Å². The summed E-state index contributed by atoms with van der Waals surface area (Å²) in [4.78, 5) is 20.1. The molecule has 2 aromatic heterocycles. The van der Waals surface area contributed by atoms with E-state index in [9.17, 15) is 8.78 Å². The summed E-state index contributed by atoms with van der Waals surface area (Å²) >= 11 is 0. The highest BCUT2D eigenvalue weighted by Crippen LogP contribution is 2.29. The molecule has 39 heavy (non-hydrogen) atoms. The van der Waals surface area contributed by atoms with Gasteiger partial charge in [-0.05, 0) is 48.7 Å². The van der Waals surface area contributed by atoms with Crippen molar-refractivity contribution >= 4 is 33.7 Å². The molecule has 1 saturated heterocycles. The molecule has 0 bridgehead atoms. The quantitative estimate of drug-likeness (QED) is 0.295. The zero-order valence-electron chi connectivity index (χ0n) is 21.8. The first kappa shape index (κ1) is 25.1. The van der Waals surface area contributed by atoms with Gasteiger partial charge in [0.25, 0.3) is 6.43 Å². The molecule has 0 spiro atoms. The Morgan fingerprint density at radius 2 is 1.59 bits per heavy atom. The number of hydrogen-bond donors (Lipinski definition) is 1. The molecule has 0 amide bonds. The summed E-state index contributed by atoms with van der Waals surface area (Å²) in [6.07, 6.45) is -2.11. The zero-order valence-corrected chi connectivity index (χ0v) is 21.8. The van der Waals surface area contributed by atoms with Gasteiger partial charge in [0.2, 0.25) is 17.8 Å². The molecule has 10 heteroatoms. The third-order valence-electron chi connectivity index (χ3n) is 6.80. The van der Waals surface area contributed by atoms with Crippen LogP contribution in [0.5, 0.6) is 0 Å². The van der Waals surface area contributed by atoms with Crippen LogP contribution in [0.1, 0.15) is 31.7 Å². The second-order valence-electron chi connectivity index (χ2n) is 10.3. The Morgan fingerprint density at radius 3 is 2.38 bits per heavy atom. The van der Waals surface area contributed by atoms with Crippen molar-refractivity contribution in [3.63, 3.8) is 0 Å². The maximum atomic E-state index is 14.1. The van der Waals surface area contributed by atoms with Crippen LogP contribution in [0.2, 0.25) is 0 Å². The topological polar surface area (TPSA) is 81.0 Å². The van der Waals surface area contributed by atoms with Crippen LogP contribution in [0.4, 0.5) is 20.7 Å². The Morgan fingerprint density at radius 1 is 0.872 bits per heavy atom. The summed E-state index contributed by atoms with van der Waals surface area (Å²) in [6.45, 7) is 6.39. The van der Waals surface area contributed by atoms with Crippen LogP contribution in [0, 0.1) is 0 Å². The maximum absolute atomic E-state index is 14.1. The number of rotatable bonds is 7. The molecule has 0 aliphatic carbocycles. The maximum Gasteiger partial charge on any atom is 0.296 e. The minimum atomic E-state index is -2.80. The summed E-state index contributed by atoms with van der Waals surface area (Å²) in [5.74, 6) is 0.409. The fraction of sp³-hybridized carbons (Fsp3) is 0.310. The predicted octanol–water partition coefficient (Wildman–Crippen LogP) is 5.57. The van der Waals surface area contributed by atoms with Crippen molar-refractivity contribution in [2.24, 2.45) is 0 Å². The number of halogens is 2. The molecule has 0 atom stereocenters. The van der Waals surface area contributed by atoms with Crippen molar-refractivity contribution in [2.45, 2.75) is 32.2 Å². The highest BCUT2D eigenvalue weighted by atomic mass is 19.3. The highest BCUT2D eigenvalue weighted by Gasteiger charge is 2.26. The Bertz CT molecular complexity index is 1630. The van der Waals surface area contributed by atoms with Crippen LogP contribution in [0.15, 0.2) is 66.7 Å². The lowest BCUT2D eigenvalue weighted by molar-refractivity contribution is 0.122. The first-order chi connectivity index (χ1) is 18.9. The summed E-state index contributed by atoms with van der Waals surface area (Å²) in [7, 11) is 0. The average molecular weight is 530 g/mol. The molecule has 0 radical (unpaired) electrons. The molecule has 3 aromatic carbocycles. The van der Waals surface area contributed by atoms with Crippen LogP contribution >= 0.6 is 0 Å². The van der Waals surface area contributed by atoms with Crippen LogP contribution < -0.4 is 10.2 Å². The monoisotopic (exact) mass is 529 g/mol. The molecule has 1 N–H and O–H groups in total. The van der Waals surface area contributed by atoms with Gasteiger partial charge in [-0.1, -0.05) is 54.6 Å². The lowest BCUT2D eigenvalue weighted by atomic mass is 9.93. The van der Waals surface area contributed by atoms with E-state index in [0.717, 1.165) is 5.56 Å². The molecule has 200 valence electrons. The van der Waals surface area contributed by atoms with Crippen molar-refractivity contribution < 1.29 is 13.5 Å². The predicted molar refractivity (Wildman–Crippen MR) is 148 cm³/mol. The van der Waals surface area contributed by atoms with Gasteiger partial charge in [-0.2, -0.15) is 15.0 Å². The van der Waals surface area contributed by atoms with Crippen LogP contribution in [-0.2, 0) is 11.2 Å². The third kappa shape index (κ3) is 5.24. The SMILES string of the molecule is CC(C)(Cc1ccc2ccccc2c1)Nc1nc(N2CCOCC2)nc(-n2c(C(F)F)nc3ccccc32)n1. The fourth-order valence-electron chi connectivity index (χ4n) is 5.02. The Hall–Kier alpha value is -4.18. The Labute approximate surface area is 224 Å². The number of nitrogens with zero attached hydrogens (tertiary/aromatic N) is 6. The number of anilines is 2. The number of para-hydroxylation sites is 2. The number of fused-ring (bicyclic) bond motifs is 2. The first-order valence-corrected chi connectivity index (χ1v) is 13.0. The molecule has 6 rings (SSSR count). The minimum Gasteiger partial charge on any atom is -0.378 e. The summed E-state index contributed by atoms with van der Waals surface area (Å²) < 4.78 is 35.1. The van der Waals surface area contributed by atoms with Gasteiger partial charge in [-0.25, -0.2) is 13.8 Å². The highest BCUT2D eigenvalue weighted by molar-refractivity contribution is 5.83. The zero-order chi connectivity index (χ0) is 27.0. The lowest BCUT2D eigenvalue weighted by Gasteiger charge is -2.29. The summed E-state index contributed by atoms with van der Waals surface area (Å²) in [5, 5.41) is 5.81. The lowest BCUT2D eigenvalue weighted by Crippen LogP contribution is -2.38. The number of ether oxygens (including phenoxy) is 1. The number of morpholine rings is 1. The molecule has 0 saturated carbocycles. The Balaban J connectivity index is 1.39. The molecule has 1 fully saturated rings. The Kier molecular flexibility index (Phi) is 6.56. The van der Waals surface area contributed by atoms with E-state index in [2.05, 4.69) is 64.4 Å². The van der Waals surface area contributed by atoms with Crippen molar-refractivity contribution in [1.82, 2.24) is 24.5 Å². The van der Waals surface area contributed by atoms with Crippen LogP contribution in [0.25, 0.3) is 27.8 Å². The van der Waals surface area contributed by atoms with Gasteiger partial charge < -0.3 is 15.0 Å². The number of nitrogens with one attached hydrogen (secondary N) is 1. The van der Waals surface area contributed by atoms with E-state index in [1.807, 2.05) is 17.0 Å². The minimum absolute atomic E-state index is 0.0968. The number of hydrogen-bond acceptors (Lipinski definition) is 7. The molecule has 1 aliphatic rings. The summed E-state index contributed by atoms with van der Waals surface area (Å²) in [6, 6.07) is 21.7. The van der Waals surface area contributed by atoms with Gasteiger partial charge in [0, 0.05) is 18.6 Å². The second-order valence-corrected chi connectivity index (χ2v) is 10.3.